The van der Waals surface area contributed by atoms with Gasteiger partial charge in [-0.15, -0.1) is 16.4 Å². The number of thiazole rings is 1. The quantitative estimate of drug-likeness (QED) is 0.736. The van der Waals surface area contributed by atoms with Crippen molar-refractivity contribution >= 4 is 11.3 Å². The molecule has 4 rings (SSSR count). The van der Waals surface area contributed by atoms with E-state index in [0.29, 0.717) is 6.04 Å². The summed E-state index contributed by atoms with van der Waals surface area (Å²) >= 11 is 1.71. The molecule has 1 aliphatic rings. The Bertz CT molecular complexity index is 763. The van der Waals surface area contributed by atoms with Gasteiger partial charge in [0.15, 0.2) is 10.8 Å². The summed E-state index contributed by atoms with van der Waals surface area (Å²) in [5, 5.41) is 9.02. The van der Waals surface area contributed by atoms with Crippen molar-refractivity contribution in [2.45, 2.75) is 32.4 Å². The molecular weight excluding hydrogens is 310 g/mol. The van der Waals surface area contributed by atoms with E-state index in [1.54, 1.807) is 17.5 Å². The summed E-state index contributed by atoms with van der Waals surface area (Å²) in [4.78, 5) is 8.25. The Morgan fingerprint density at radius 3 is 3.13 bits per heavy atom. The number of furan rings is 1. The van der Waals surface area contributed by atoms with Gasteiger partial charge in [-0.25, -0.2) is 9.67 Å². The Labute approximate surface area is 138 Å². The highest BCUT2D eigenvalue weighted by atomic mass is 32.1. The van der Waals surface area contributed by atoms with E-state index < -0.39 is 0 Å². The van der Waals surface area contributed by atoms with E-state index in [1.807, 2.05) is 36.1 Å². The van der Waals surface area contributed by atoms with Gasteiger partial charge in [0.1, 0.15) is 5.76 Å². The zero-order valence-electron chi connectivity index (χ0n) is 13.1. The fourth-order valence-corrected chi connectivity index (χ4v) is 3.98. The lowest BCUT2D eigenvalue weighted by molar-refractivity contribution is 0.163. The molecule has 0 bridgehead atoms. The summed E-state index contributed by atoms with van der Waals surface area (Å²) in [7, 11) is 0. The third kappa shape index (κ3) is 3.20. The number of rotatable bonds is 4. The number of nitrogens with zero attached hydrogens (tertiary/aromatic N) is 5. The molecule has 1 atom stereocenters. The van der Waals surface area contributed by atoms with Crippen LogP contribution in [0.15, 0.2) is 35.1 Å². The van der Waals surface area contributed by atoms with Crippen LogP contribution < -0.4 is 0 Å². The summed E-state index contributed by atoms with van der Waals surface area (Å²) in [6, 6.07) is 4.38. The fraction of sp³-hybridized carbons (Fsp3) is 0.438. The third-order valence-corrected chi connectivity index (χ3v) is 5.18. The molecule has 3 aromatic heterocycles. The van der Waals surface area contributed by atoms with Gasteiger partial charge in [0, 0.05) is 30.4 Å². The van der Waals surface area contributed by atoms with Crippen molar-refractivity contribution in [3.8, 4) is 10.8 Å². The van der Waals surface area contributed by atoms with Gasteiger partial charge < -0.3 is 4.42 Å². The molecule has 23 heavy (non-hydrogen) atoms. The molecule has 7 heteroatoms. The summed E-state index contributed by atoms with van der Waals surface area (Å²) < 4.78 is 7.64. The standard InChI is InChI=1S/C16H19N5OS/c1-12-4-5-15(22-12)16-17-9-14(23-16)11-20-7-2-3-13(10-20)21-8-6-18-19-21/h4-6,8-9,13H,2-3,7,10-11H2,1H3. The molecule has 3 aromatic rings. The lowest BCUT2D eigenvalue weighted by Crippen LogP contribution is -2.36. The lowest BCUT2D eigenvalue weighted by Gasteiger charge is -2.32. The van der Waals surface area contributed by atoms with Crippen LogP contribution in [-0.2, 0) is 6.54 Å². The van der Waals surface area contributed by atoms with Crippen molar-refractivity contribution < 1.29 is 4.42 Å². The number of aryl methyl sites for hydroxylation is 1. The molecule has 0 saturated carbocycles. The minimum Gasteiger partial charge on any atom is -0.459 e. The van der Waals surface area contributed by atoms with Crippen molar-refractivity contribution in [2.24, 2.45) is 0 Å². The molecule has 120 valence electrons. The van der Waals surface area contributed by atoms with Gasteiger partial charge in [-0.3, -0.25) is 4.90 Å². The number of likely N-dealkylation sites (tertiary alicyclic amines) is 1. The smallest absolute Gasteiger partial charge is 0.162 e. The van der Waals surface area contributed by atoms with E-state index in [0.717, 1.165) is 36.2 Å². The summed E-state index contributed by atoms with van der Waals surface area (Å²) in [6.45, 7) is 5.02. The molecular formula is C16H19N5OS. The Balaban J connectivity index is 1.43. The van der Waals surface area contributed by atoms with Gasteiger partial charge in [0.25, 0.3) is 0 Å². The first-order valence-electron chi connectivity index (χ1n) is 7.87. The molecule has 1 unspecified atom stereocenters. The Morgan fingerprint density at radius 2 is 2.35 bits per heavy atom. The highest BCUT2D eigenvalue weighted by Gasteiger charge is 2.22. The van der Waals surface area contributed by atoms with Crippen molar-refractivity contribution in [1.29, 1.82) is 0 Å². The molecule has 6 nitrogen and oxygen atoms in total. The van der Waals surface area contributed by atoms with Gasteiger partial charge in [0.2, 0.25) is 0 Å². The molecule has 0 aromatic carbocycles. The van der Waals surface area contributed by atoms with Crippen molar-refractivity contribution in [2.75, 3.05) is 13.1 Å². The second kappa shape index (κ2) is 6.25. The number of piperidine rings is 1. The fourth-order valence-electron chi connectivity index (χ4n) is 3.07. The highest BCUT2D eigenvalue weighted by Crippen LogP contribution is 2.29. The maximum atomic E-state index is 5.65. The van der Waals surface area contributed by atoms with E-state index >= 15 is 0 Å². The molecule has 0 aliphatic carbocycles. The minimum absolute atomic E-state index is 0.423. The zero-order valence-corrected chi connectivity index (χ0v) is 13.9. The first-order valence-corrected chi connectivity index (χ1v) is 8.69. The van der Waals surface area contributed by atoms with E-state index in [1.165, 1.54) is 17.7 Å². The van der Waals surface area contributed by atoms with Crippen molar-refractivity contribution in [3.05, 3.63) is 41.4 Å². The Hall–Kier alpha value is -1.99. The Morgan fingerprint density at radius 1 is 1.39 bits per heavy atom. The molecule has 4 heterocycles. The maximum absolute atomic E-state index is 5.65. The molecule has 0 amide bonds. The minimum atomic E-state index is 0.423. The van der Waals surface area contributed by atoms with E-state index in [9.17, 15) is 0 Å². The van der Waals surface area contributed by atoms with Crippen molar-refractivity contribution in [1.82, 2.24) is 24.9 Å². The van der Waals surface area contributed by atoms with Crippen LogP contribution in [0.4, 0.5) is 0 Å². The third-order valence-electron chi connectivity index (χ3n) is 4.18. The largest absolute Gasteiger partial charge is 0.459 e. The predicted molar refractivity (Wildman–Crippen MR) is 88.1 cm³/mol. The van der Waals surface area contributed by atoms with Crippen LogP contribution in [0.2, 0.25) is 0 Å². The monoisotopic (exact) mass is 329 g/mol. The zero-order chi connectivity index (χ0) is 15.6. The topological polar surface area (TPSA) is 60.0 Å². The first kappa shape index (κ1) is 14.6. The van der Waals surface area contributed by atoms with Crippen LogP contribution in [0, 0.1) is 6.92 Å². The average molecular weight is 329 g/mol. The van der Waals surface area contributed by atoms with Crippen LogP contribution in [0.5, 0.6) is 0 Å². The number of hydrogen-bond acceptors (Lipinski definition) is 6. The highest BCUT2D eigenvalue weighted by molar-refractivity contribution is 7.14. The molecule has 1 aliphatic heterocycles. The van der Waals surface area contributed by atoms with E-state index in [-0.39, 0.29) is 0 Å². The van der Waals surface area contributed by atoms with Gasteiger partial charge in [-0.2, -0.15) is 0 Å². The summed E-state index contributed by atoms with van der Waals surface area (Å²) in [6.07, 6.45) is 8.03. The first-order chi connectivity index (χ1) is 11.3. The number of aromatic nitrogens is 4. The normalized spacial score (nSPS) is 19.3. The van der Waals surface area contributed by atoms with Crippen LogP contribution >= 0.6 is 11.3 Å². The second-order valence-corrected chi connectivity index (χ2v) is 7.07. The van der Waals surface area contributed by atoms with Crippen molar-refractivity contribution in [3.63, 3.8) is 0 Å². The van der Waals surface area contributed by atoms with Gasteiger partial charge in [0.05, 0.1) is 12.2 Å². The van der Waals surface area contributed by atoms with E-state index in [4.69, 9.17) is 4.42 Å². The van der Waals surface area contributed by atoms with E-state index in [2.05, 4.69) is 20.2 Å². The van der Waals surface area contributed by atoms with Crippen LogP contribution in [0.25, 0.3) is 10.8 Å². The van der Waals surface area contributed by atoms with Gasteiger partial charge >= 0.3 is 0 Å². The van der Waals surface area contributed by atoms with Crippen LogP contribution in [-0.4, -0.2) is 38.0 Å². The number of hydrogen-bond donors (Lipinski definition) is 0. The molecule has 0 radical (unpaired) electrons. The van der Waals surface area contributed by atoms with Gasteiger partial charge in [-0.05, 0) is 38.4 Å². The maximum Gasteiger partial charge on any atom is 0.162 e. The predicted octanol–water partition coefficient (Wildman–Crippen LogP) is 3.14. The second-order valence-electron chi connectivity index (χ2n) is 5.96. The van der Waals surface area contributed by atoms with Crippen LogP contribution in [0.3, 0.4) is 0 Å². The summed E-state index contributed by atoms with van der Waals surface area (Å²) in [5.41, 5.74) is 0. The average Bonchev–Trinajstić information content (AvgIpc) is 3.28. The van der Waals surface area contributed by atoms with Crippen LogP contribution in [0.1, 0.15) is 29.5 Å². The summed E-state index contributed by atoms with van der Waals surface area (Å²) in [5.74, 6) is 1.78. The lowest BCUT2D eigenvalue weighted by atomic mass is 10.1. The van der Waals surface area contributed by atoms with Gasteiger partial charge in [-0.1, -0.05) is 5.21 Å². The molecule has 0 N–H and O–H groups in total. The molecule has 1 saturated heterocycles. The molecule has 1 fully saturated rings. The SMILES string of the molecule is Cc1ccc(-c2ncc(CN3CCCC(n4ccnn4)C3)s2)o1. The molecule has 0 spiro atoms. The Kier molecular flexibility index (Phi) is 3.97.